The Morgan fingerprint density at radius 2 is 2.15 bits per heavy atom. The van der Waals surface area contributed by atoms with E-state index in [-0.39, 0.29) is 5.11 Å². The van der Waals surface area contributed by atoms with E-state index in [0.29, 0.717) is 11.3 Å². The van der Waals surface area contributed by atoms with Crippen LogP contribution in [0.3, 0.4) is 0 Å². The zero-order valence-electron chi connectivity index (χ0n) is 6.74. The Bertz CT molecular complexity index is 355. The number of nitrogens with zero attached hydrogens (tertiary/aromatic N) is 1. The molecular formula is C8H8N4S. The van der Waals surface area contributed by atoms with Gasteiger partial charge < -0.3 is 10.7 Å². The monoisotopic (exact) mass is 192 g/mol. The van der Waals surface area contributed by atoms with Crippen LogP contribution in [0.4, 0.5) is 5.69 Å². The van der Waals surface area contributed by atoms with Crippen LogP contribution in [0.25, 0.3) is 0 Å². The highest BCUT2D eigenvalue weighted by molar-refractivity contribution is 7.80. The highest BCUT2D eigenvalue weighted by Gasteiger charge is 2.00. The predicted octanol–water partition coefficient (Wildman–Crippen LogP) is 0.718. The topological polar surface area (TPSA) is 73.9 Å². The van der Waals surface area contributed by atoms with Crippen molar-refractivity contribution in [3.05, 3.63) is 29.8 Å². The number of thiocarbonyl (C=S) groups is 1. The van der Waals surface area contributed by atoms with E-state index in [1.165, 1.54) is 0 Å². The van der Waals surface area contributed by atoms with E-state index in [9.17, 15) is 0 Å². The van der Waals surface area contributed by atoms with Gasteiger partial charge in [-0.3, -0.25) is 0 Å². The van der Waals surface area contributed by atoms with Gasteiger partial charge in [0.2, 0.25) is 0 Å². The minimum Gasteiger partial charge on any atom is -0.331 e. The van der Waals surface area contributed by atoms with Crippen LogP contribution in [-0.4, -0.2) is 5.11 Å². The molecule has 0 aliphatic heterocycles. The summed E-state index contributed by atoms with van der Waals surface area (Å²) in [5, 5.41) is 11.8. The summed E-state index contributed by atoms with van der Waals surface area (Å²) in [5.41, 5.74) is 3.45. The largest absolute Gasteiger partial charge is 0.331 e. The van der Waals surface area contributed by atoms with Gasteiger partial charge in [-0.25, -0.2) is 5.84 Å². The third-order valence-corrected chi connectivity index (χ3v) is 1.65. The van der Waals surface area contributed by atoms with Crippen LogP contribution in [0.2, 0.25) is 0 Å². The molecule has 5 heteroatoms. The lowest BCUT2D eigenvalue weighted by Crippen LogP contribution is -2.34. The van der Waals surface area contributed by atoms with Gasteiger partial charge in [0, 0.05) is 0 Å². The minimum atomic E-state index is 0.280. The molecule has 0 amide bonds. The maximum atomic E-state index is 8.72. The highest BCUT2D eigenvalue weighted by Crippen LogP contribution is 2.12. The molecule has 0 spiro atoms. The molecule has 0 fully saturated rings. The van der Waals surface area contributed by atoms with Gasteiger partial charge in [-0.2, -0.15) is 5.26 Å². The van der Waals surface area contributed by atoms with Crippen LogP contribution in [0.15, 0.2) is 24.3 Å². The molecule has 4 nitrogen and oxygen atoms in total. The van der Waals surface area contributed by atoms with Crippen molar-refractivity contribution in [2.24, 2.45) is 5.84 Å². The molecule has 0 aliphatic rings. The van der Waals surface area contributed by atoms with Gasteiger partial charge in [-0.1, -0.05) is 12.1 Å². The summed E-state index contributed by atoms with van der Waals surface area (Å²) in [4.78, 5) is 0. The van der Waals surface area contributed by atoms with E-state index in [4.69, 9.17) is 23.3 Å². The number of para-hydroxylation sites is 1. The first kappa shape index (κ1) is 9.45. The van der Waals surface area contributed by atoms with Crippen LogP contribution >= 0.6 is 12.2 Å². The fourth-order valence-corrected chi connectivity index (χ4v) is 0.958. The molecule has 0 atom stereocenters. The molecule has 0 radical (unpaired) electrons. The van der Waals surface area contributed by atoms with Crippen LogP contribution in [0.5, 0.6) is 0 Å². The molecule has 1 aromatic rings. The number of nitriles is 1. The quantitative estimate of drug-likeness (QED) is 0.347. The van der Waals surface area contributed by atoms with E-state index in [1.807, 2.05) is 12.1 Å². The molecule has 0 aromatic heterocycles. The van der Waals surface area contributed by atoms with Crippen LogP contribution in [0, 0.1) is 11.3 Å². The second kappa shape index (κ2) is 4.40. The van der Waals surface area contributed by atoms with Crippen molar-refractivity contribution < 1.29 is 0 Å². The van der Waals surface area contributed by atoms with E-state index in [0.717, 1.165) is 0 Å². The first-order chi connectivity index (χ1) is 6.27. The first-order valence-electron chi connectivity index (χ1n) is 3.54. The standard InChI is InChI=1S/C8H8N4S/c9-5-6-3-1-2-4-7(6)11-8(13)12-10/h1-4H,10H2,(H2,11,12,13). The molecule has 0 heterocycles. The zero-order valence-corrected chi connectivity index (χ0v) is 7.56. The van der Waals surface area contributed by atoms with Gasteiger partial charge in [0.05, 0.1) is 11.3 Å². The number of anilines is 1. The third-order valence-electron chi connectivity index (χ3n) is 1.43. The molecule has 4 N–H and O–H groups in total. The van der Waals surface area contributed by atoms with Gasteiger partial charge in [0.1, 0.15) is 6.07 Å². The predicted molar refractivity (Wildman–Crippen MR) is 54.7 cm³/mol. The maximum Gasteiger partial charge on any atom is 0.185 e. The van der Waals surface area contributed by atoms with E-state index in [1.54, 1.807) is 18.2 Å². The van der Waals surface area contributed by atoms with E-state index in [2.05, 4.69) is 10.7 Å². The molecule has 0 unspecified atom stereocenters. The average Bonchev–Trinajstić information content (AvgIpc) is 2.18. The minimum absolute atomic E-state index is 0.280. The zero-order chi connectivity index (χ0) is 9.68. The molecule has 0 saturated heterocycles. The van der Waals surface area contributed by atoms with Crippen LogP contribution in [0.1, 0.15) is 5.56 Å². The second-order valence-electron chi connectivity index (χ2n) is 2.26. The Balaban J connectivity index is 2.89. The molecule has 0 bridgehead atoms. The van der Waals surface area contributed by atoms with Gasteiger partial charge >= 0.3 is 0 Å². The summed E-state index contributed by atoms with van der Waals surface area (Å²) in [7, 11) is 0. The Morgan fingerprint density at radius 3 is 2.77 bits per heavy atom. The first-order valence-corrected chi connectivity index (χ1v) is 3.95. The Labute approximate surface area is 81.3 Å². The molecule has 1 rings (SSSR count). The van der Waals surface area contributed by atoms with Crippen LogP contribution < -0.4 is 16.6 Å². The molecule has 0 saturated carbocycles. The van der Waals surface area contributed by atoms with Crippen molar-refractivity contribution in [1.82, 2.24) is 5.43 Å². The summed E-state index contributed by atoms with van der Waals surface area (Å²) in [6.07, 6.45) is 0. The third kappa shape index (κ3) is 2.40. The van der Waals surface area contributed by atoms with Crippen molar-refractivity contribution in [3.8, 4) is 6.07 Å². The molecular weight excluding hydrogens is 184 g/mol. The SMILES string of the molecule is N#Cc1ccccc1NC(=S)NN. The number of rotatable bonds is 1. The number of hydrogen-bond donors (Lipinski definition) is 3. The molecule has 13 heavy (non-hydrogen) atoms. The fraction of sp³-hybridized carbons (Fsp3) is 0. The number of hydrogen-bond acceptors (Lipinski definition) is 3. The second-order valence-corrected chi connectivity index (χ2v) is 2.66. The van der Waals surface area contributed by atoms with Crippen molar-refractivity contribution >= 4 is 23.0 Å². The summed E-state index contributed by atoms with van der Waals surface area (Å²) in [6.45, 7) is 0. The maximum absolute atomic E-state index is 8.72. The van der Waals surface area contributed by atoms with E-state index < -0.39 is 0 Å². The van der Waals surface area contributed by atoms with E-state index >= 15 is 0 Å². The number of nitrogens with one attached hydrogen (secondary N) is 2. The van der Waals surface area contributed by atoms with Gasteiger partial charge in [-0.05, 0) is 24.4 Å². The number of benzene rings is 1. The summed E-state index contributed by atoms with van der Waals surface area (Å²) in [6, 6.07) is 9.07. The van der Waals surface area contributed by atoms with Crippen LogP contribution in [-0.2, 0) is 0 Å². The lowest BCUT2D eigenvalue weighted by atomic mass is 10.2. The number of hydrazine groups is 1. The lowest BCUT2D eigenvalue weighted by molar-refractivity contribution is 1.04. The average molecular weight is 192 g/mol. The Kier molecular flexibility index (Phi) is 3.20. The van der Waals surface area contributed by atoms with Crippen molar-refractivity contribution in [1.29, 1.82) is 5.26 Å². The van der Waals surface area contributed by atoms with Gasteiger partial charge in [-0.15, -0.1) is 0 Å². The Morgan fingerprint density at radius 1 is 1.46 bits per heavy atom. The van der Waals surface area contributed by atoms with Crippen molar-refractivity contribution in [2.45, 2.75) is 0 Å². The highest BCUT2D eigenvalue weighted by atomic mass is 32.1. The normalized spacial score (nSPS) is 8.62. The molecule has 0 aliphatic carbocycles. The van der Waals surface area contributed by atoms with Crippen molar-refractivity contribution in [2.75, 3.05) is 5.32 Å². The smallest absolute Gasteiger partial charge is 0.185 e. The summed E-state index contributed by atoms with van der Waals surface area (Å²) >= 11 is 4.79. The molecule has 1 aromatic carbocycles. The number of nitrogens with two attached hydrogens (primary N) is 1. The summed E-state index contributed by atoms with van der Waals surface area (Å²) < 4.78 is 0. The molecule has 66 valence electrons. The Hall–Kier alpha value is -1.64. The van der Waals surface area contributed by atoms with Gasteiger partial charge in [0.25, 0.3) is 0 Å². The van der Waals surface area contributed by atoms with Crippen molar-refractivity contribution in [3.63, 3.8) is 0 Å². The summed E-state index contributed by atoms with van der Waals surface area (Å²) in [5.74, 6) is 5.07. The lowest BCUT2D eigenvalue weighted by Gasteiger charge is -2.07. The fourth-order valence-electron chi connectivity index (χ4n) is 0.848. The van der Waals surface area contributed by atoms with Gasteiger partial charge in [0.15, 0.2) is 5.11 Å².